The average molecular weight is 360 g/mol. The van der Waals surface area contributed by atoms with Gasteiger partial charge in [0.15, 0.2) is 11.9 Å². The quantitative estimate of drug-likeness (QED) is 0.265. The lowest BCUT2D eigenvalue weighted by atomic mass is 10.0. The predicted molar refractivity (Wildman–Crippen MR) is 103 cm³/mol. The maximum absolute atomic E-state index is 10.9. The van der Waals surface area contributed by atoms with Gasteiger partial charge in [-0.1, -0.05) is 51.5 Å². The second-order valence-corrected chi connectivity index (χ2v) is 6.96. The molecular weight excluding hydrogens is 328 g/mol. The van der Waals surface area contributed by atoms with Crippen molar-refractivity contribution >= 4 is 5.97 Å². The molecule has 0 N–H and O–H groups in total. The first-order valence-corrected chi connectivity index (χ1v) is 9.51. The number of hydrogen-bond acceptors (Lipinski definition) is 4. The number of rotatable bonds is 9. The van der Waals surface area contributed by atoms with Gasteiger partial charge in [-0.25, -0.2) is 0 Å². The van der Waals surface area contributed by atoms with Crippen LogP contribution in [0.15, 0.2) is 12.7 Å². The highest BCUT2D eigenvalue weighted by molar-refractivity contribution is 5.66. The topological polar surface area (TPSA) is 44.8 Å². The molecule has 0 aromatic heterocycles. The van der Waals surface area contributed by atoms with Gasteiger partial charge in [0.25, 0.3) is 0 Å². The van der Waals surface area contributed by atoms with Gasteiger partial charge >= 0.3 is 5.97 Å². The molecule has 0 aromatic rings. The van der Waals surface area contributed by atoms with Crippen LogP contribution in [0.5, 0.6) is 0 Å². The number of ether oxygens (including phenoxy) is 3. The summed E-state index contributed by atoms with van der Waals surface area (Å²) in [7, 11) is 0. The summed E-state index contributed by atoms with van der Waals surface area (Å²) < 4.78 is 17.0. The van der Waals surface area contributed by atoms with Gasteiger partial charge in [-0.2, -0.15) is 0 Å². The highest BCUT2D eigenvalue weighted by Gasteiger charge is 2.40. The van der Waals surface area contributed by atoms with Crippen molar-refractivity contribution in [3.8, 4) is 23.7 Å². The second-order valence-electron chi connectivity index (χ2n) is 6.96. The molecule has 0 radical (unpaired) electrons. The molecule has 0 unspecified atom stereocenters. The van der Waals surface area contributed by atoms with Gasteiger partial charge in [0, 0.05) is 13.3 Å². The fourth-order valence-electron chi connectivity index (χ4n) is 2.89. The van der Waals surface area contributed by atoms with E-state index in [0.717, 1.165) is 12.8 Å². The first kappa shape index (κ1) is 22.3. The lowest BCUT2D eigenvalue weighted by Gasteiger charge is -2.16. The van der Waals surface area contributed by atoms with E-state index in [-0.39, 0.29) is 12.2 Å². The van der Waals surface area contributed by atoms with Crippen molar-refractivity contribution in [1.29, 1.82) is 0 Å². The number of unbranched alkanes of at least 4 members (excludes halogenated alkanes) is 4. The number of carbonyl (C=O) groups is 1. The molecule has 0 bridgehead atoms. The maximum Gasteiger partial charge on any atom is 0.304 e. The molecular formula is C22H32O4. The SMILES string of the molecule is C=C[C@H](C#CC#CC[C@@H]1OC(C)(C)O[C@H]1CCCCCCC)OC(C)=O. The van der Waals surface area contributed by atoms with Gasteiger partial charge < -0.3 is 14.2 Å². The molecule has 0 spiro atoms. The summed E-state index contributed by atoms with van der Waals surface area (Å²) in [5.74, 6) is 10.3. The van der Waals surface area contributed by atoms with E-state index in [1.54, 1.807) is 0 Å². The van der Waals surface area contributed by atoms with Crippen LogP contribution in [-0.4, -0.2) is 30.1 Å². The number of carbonyl (C=O) groups excluding carboxylic acids is 1. The molecule has 0 amide bonds. The van der Waals surface area contributed by atoms with E-state index in [1.165, 1.54) is 38.7 Å². The van der Waals surface area contributed by atoms with Gasteiger partial charge in [-0.15, -0.1) is 0 Å². The van der Waals surface area contributed by atoms with Gasteiger partial charge in [-0.3, -0.25) is 4.79 Å². The molecule has 144 valence electrons. The summed E-state index contributed by atoms with van der Waals surface area (Å²) in [5.41, 5.74) is 0. The van der Waals surface area contributed by atoms with E-state index in [9.17, 15) is 4.79 Å². The monoisotopic (exact) mass is 360 g/mol. The summed E-state index contributed by atoms with van der Waals surface area (Å²) in [6.07, 6.45) is 8.67. The summed E-state index contributed by atoms with van der Waals surface area (Å²) in [6, 6.07) is 0. The zero-order chi connectivity index (χ0) is 19.4. The van der Waals surface area contributed by atoms with Crippen molar-refractivity contribution in [3.05, 3.63) is 12.7 Å². The van der Waals surface area contributed by atoms with Gasteiger partial charge in [0.1, 0.15) is 0 Å². The smallest absolute Gasteiger partial charge is 0.304 e. The van der Waals surface area contributed by atoms with Crippen molar-refractivity contribution < 1.29 is 19.0 Å². The molecule has 0 aliphatic carbocycles. The van der Waals surface area contributed by atoms with Crippen molar-refractivity contribution in [3.63, 3.8) is 0 Å². The van der Waals surface area contributed by atoms with E-state index in [1.807, 2.05) is 13.8 Å². The largest absolute Gasteiger partial charge is 0.445 e. The van der Waals surface area contributed by atoms with Crippen LogP contribution in [0.2, 0.25) is 0 Å². The molecule has 1 rings (SSSR count). The lowest BCUT2D eigenvalue weighted by molar-refractivity contribution is -0.146. The lowest BCUT2D eigenvalue weighted by Crippen LogP contribution is -2.21. The minimum Gasteiger partial charge on any atom is -0.445 e. The average Bonchev–Trinajstić information content (AvgIpc) is 2.86. The Hall–Kier alpha value is -1.75. The summed E-state index contributed by atoms with van der Waals surface area (Å²) in [4.78, 5) is 10.9. The molecule has 1 fully saturated rings. The van der Waals surface area contributed by atoms with Gasteiger partial charge in [0.05, 0.1) is 12.2 Å². The van der Waals surface area contributed by atoms with Gasteiger partial charge in [0.2, 0.25) is 0 Å². The van der Waals surface area contributed by atoms with Gasteiger partial charge in [-0.05, 0) is 44.1 Å². The third-order valence-corrected chi connectivity index (χ3v) is 4.05. The Bertz CT molecular complexity index is 570. The third-order valence-electron chi connectivity index (χ3n) is 4.05. The molecule has 1 heterocycles. The second kappa shape index (κ2) is 11.8. The van der Waals surface area contributed by atoms with Crippen molar-refractivity contribution in [2.45, 2.75) is 96.7 Å². The molecule has 4 heteroatoms. The maximum atomic E-state index is 10.9. The van der Waals surface area contributed by atoms with Crippen LogP contribution in [0.3, 0.4) is 0 Å². The summed E-state index contributed by atoms with van der Waals surface area (Å²) in [5, 5.41) is 0. The Morgan fingerprint density at radius 2 is 1.88 bits per heavy atom. The van der Waals surface area contributed by atoms with E-state index in [4.69, 9.17) is 14.2 Å². The number of hydrogen-bond donors (Lipinski definition) is 0. The molecule has 0 saturated carbocycles. The fraction of sp³-hybridized carbons (Fsp3) is 0.682. The summed E-state index contributed by atoms with van der Waals surface area (Å²) >= 11 is 0. The summed E-state index contributed by atoms with van der Waals surface area (Å²) in [6.45, 7) is 11.0. The van der Waals surface area contributed by atoms with E-state index < -0.39 is 17.9 Å². The zero-order valence-corrected chi connectivity index (χ0v) is 16.6. The molecule has 3 atom stereocenters. The zero-order valence-electron chi connectivity index (χ0n) is 16.6. The van der Waals surface area contributed by atoms with Crippen LogP contribution in [0.4, 0.5) is 0 Å². The minimum atomic E-state index is -0.623. The molecule has 1 aliphatic heterocycles. The van der Waals surface area contributed by atoms with Crippen molar-refractivity contribution in [2.75, 3.05) is 0 Å². The van der Waals surface area contributed by atoms with Crippen molar-refractivity contribution in [1.82, 2.24) is 0 Å². The third kappa shape index (κ3) is 9.09. The van der Waals surface area contributed by atoms with E-state index in [0.29, 0.717) is 6.42 Å². The van der Waals surface area contributed by atoms with Crippen LogP contribution in [0, 0.1) is 23.7 Å². The fourth-order valence-corrected chi connectivity index (χ4v) is 2.89. The Balaban J connectivity index is 2.50. The van der Waals surface area contributed by atoms with Crippen molar-refractivity contribution in [2.24, 2.45) is 0 Å². The molecule has 26 heavy (non-hydrogen) atoms. The Kier molecular flexibility index (Phi) is 10.1. The highest BCUT2D eigenvalue weighted by Crippen LogP contribution is 2.32. The van der Waals surface area contributed by atoms with Crippen LogP contribution < -0.4 is 0 Å². The molecule has 1 saturated heterocycles. The highest BCUT2D eigenvalue weighted by atomic mass is 16.7. The molecule has 4 nitrogen and oxygen atoms in total. The first-order chi connectivity index (χ1) is 12.4. The van der Waals surface area contributed by atoms with E-state index in [2.05, 4.69) is 37.2 Å². The van der Waals surface area contributed by atoms with E-state index >= 15 is 0 Å². The molecule has 0 aromatic carbocycles. The first-order valence-electron chi connectivity index (χ1n) is 9.51. The van der Waals surface area contributed by atoms with Crippen LogP contribution in [0.1, 0.15) is 72.6 Å². The predicted octanol–water partition coefficient (Wildman–Crippen LogP) is 4.38. The van der Waals surface area contributed by atoms with Crippen LogP contribution >= 0.6 is 0 Å². The standard InChI is InChI=1S/C22H32O4/c1-6-8-9-10-13-16-20-21(26-22(4,5)25-20)17-14-11-12-15-19(7-2)24-18(3)23/h7,19-21H,2,6,8-10,13,16-17H2,1,3-5H3/t19-,20+,21+/m1/s1. The van der Waals surface area contributed by atoms with Crippen LogP contribution in [-0.2, 0) is 19.0 Å². The van der Waals surface area contributed by atoms with Crippen LogP contribution in [0.25, 0.3) is 0 Å². The Morgan fingerprint density at radius 1 is 1.19 bits per heavy atom. The molecule has 1 aliphatic rings. The number of esters is 1. The minimum absolute atomic E-state index is 0.0332. The normalized spacial score (nSPS) is 21.7. The Morgan fingerprint density at radius 3 is 2.54 bits per heavy atom. The Labute approximate surface area is 158 Å².